The van der Waals surface area contributed by atoms with Gasteiger partial charge in [-0.3, -0.25) is 10.1 Å². The minimum absolute atomic E-state index is 0.0164. The molecule has 0 bridgehead atoms. The Morgan fingerprint density at radius 3 is 2.30 bits per heavy atom. The van der Waals surface area contributed by atoms with Crippen molar-refractivity contribution in [2.24, 2.45) is 5.73 Å². The van der Waals surface area contributed by atoms with Crippen molar-refractivity contribution >= 4 is 17.3 Å². The molecule has 2 rings (SSSR count). The van der Waals surface area contributed by atoms with E-state index in [1.807, 2.05) is 6.92 Å². The number of ether oxygens (including phenoxy) is 1. The number of hydrogen-bond donors (Lipinski definition) is 1. The molecule has 1 unspecified atom stereocenters. The predicted octanol–water partition coefficient (Wildman–Crippen LogP) is 4.06. The second-order valence-corrected chi connectivity index (χ2v) is 4.73. The Labute approximate surface area is 121 Å². The smallest absolute Gasteiger partial charge is 0.269 e. The van der Waals surface area contributed by atoms with E-state index in [0.717, 1.165) is 5.56 Å². The molecule has 0 aliphatic heterocycles. The SMILES string of the molecule is CC(N)c1ccc(Oc2ccc([N+](=O)[O-])cc2)cc1Cl. The molecule has 1 atom stereocenters. The van der Waals surface area contributed by atoms with Gasteiger partial charge in [-0.05, 0) is 36.8 Å². The van der Waals surface area contributed by atoms with Crippen LogP contribution in [-0.4, -0.2) is 4.92 Å². The summed E-state index contributed by atoms with van der Waals surface area (Å²) in [5.41, 5.74) is 6.63. The number of halogens is 1. The average molecular weight is 293 g/mol. The summed E-state index contributed by atoms with van der Waals surface area (Å²) in [6, 6.07) is 10.9. The highest BCUT2D eigenvalue weighted by atomic mass is 35.5. The van der Waals surface area contributed by atoms with Gasteiger partial charge in [-0.2, -0.15) is 0 Å². The van der Waals surface area contributed by atoms with E-state index in [0.29, 0.717) is 16.5 Å². The van der Waals surface area contributed by atoms with Crippen molar-refractivity contribution < 1.29 is 9.66 Å². The maximum Gasteiger partial charge on any atom is 0.269 e. The summed E-state index contributed by atoms with van der Waals surface area (Å²) < 4.78 is 5.58. The molecule has 6 heteroatoms. The maximum absolute atomic E-state index is 10.6. The molecule has 0 aliphatic carbocycles. The van der Waals surface area contributed by atoms with Crippen molar-refractivity contribution in [1.29, 1.82) is 0 Å². The van der Waals surface area contributed by atoms with Gasteiger partial charge in [-0.15, -0.1) is 0 Å². The molecule has 5 nitrogen and oxygen atoms in total. The Morgan fingerprint density at radius 2 is 1.80 bits per heavy atom. The van der Waals surface area contributed by atoms with E-state index in [1.54, 1.807) is 18.2 Å². The van der Waals surface area contributed by atoms with E-state index in [-0.39, 0.29) is 11.7 Å². The Morgan fingerprint density at radius 1 is 1.20 bits per heavy atom. The molecule has 0 aromatic heterocycles. The van der Waals surface area contributed by atoms with Crippen LogP contribution in [0.1, 0.15) is 18.5 Å². The number of non-ortho nitro benzene ring substituents is 1. The van der Waals surface area contributed by atoms with Gasteiger partial charge in [0.15, 0.2) is 0 Å². The fraction of sp³-hybridized carbons (Fsp3) is 0.143. The topological polar surface area (TPSA) is 78.4 Å². The summed E-state index contributed by atoms with van der Waals surface area (Å²) >= 11 is 6.11. The molecule has 2 aromatic rings. The van der Waals surface area contributed by atoms with E-state index < -0.39 is 4.92 Å². The third kappa shape index (κ3) is 3.26. The lowest BCUT2D eigenvalue weighted by Gasteiger charge is -2.11. The second kappa shape index (κ2) is 5.90. The van der Waals surface area contributed by atoms with Crippen molar-refractivity contribution in [3.63, 3.8) is 0 Å². The molecular formula is C14H13ClN2O3. The van der Waals surface area contributed by atoms with Gasteiger partial charge in [0.1, 0.15) is 11.5 Å². The van der Waals surface area contributed by atoms with E-state index in [9.17, 15) is 10.1 Å². The van der Waals surface area contributed by atoms with E-state index >= 15 is 0 Å². The van der Waals surface area contributed by atoms with E-state index in [2.05, 4.69) is 0 Å². The summed E-state index contributed by atoms with van der Waals surface area (Å²) in [4.78, 5) is 10.1. The van der Waals surface area contributed by atoms with Crippen LogP contribution in [0.2, 0.25) is 5.02 Å². The van der Waals surface area contributed by atoms with Crippen LogP contribution < -0.4 is 10.5 Å². The molecule has 0 saturated heterocycles. The van der Waals surface area contributed by atoms with Crippen LogP contribution >= 0.6 is 11.6 Å². The van der Waals surface area contributed by atoms with Crippen molar-refractivity contribution in [1.82, 2.24) is 0 Å². The molecule has 0 radical (unpaired) electrons. The lowest BCUT2D eigenvalue weighted by atomic mass is 10.1. The quantitative estimate of drug-likeness (QED) is 0.681. The monoisotopic (exact) mass is 292 g/mol. The summed E-state index contributed by atoms with van der Waals surface area (Å²) in [7, 11) is 0. The summed E-state index contributed by atoms with van der Waals surface area (Å²) in [5, 5.41) is 11.1. The van der Waals surface area contributed by atoms with Gasteiger partial charge in [0.2, 0.25) is 0 Å². The predicted molar refractivity (Wildman–Crippen MR) is 77.2 cm³/mol. The lowest BCUT2D eigenvalue weighted by Crippen LogP contribution is -2.05. The van der Waals surface area contributed by atoms with Crippen LogP contribution in [0.5, 0.6) is 11.5 Å². The zero-order valence-corrected chi connectivity index (χ0v) is 11.5. The van der Waals surface area contributed by atoms with Crippen molar-refractivity contribution in [2.75, 3.05) is 0 Å². The molecule has 0 spiro atoms. The molecule has 0 amide bonds. The minimum atomic E-state index is -0.460. The summed E-state index contributed by atoms with van der Waals surface area (Å²) in [5.74, 6) is 1.05. The zero-order chi connectivity index (χ0) is 14.7. The Balaban J connectivity index is 2.17. The molecule has 104 valence electrons. The number of rotatable bonds is 4. The van der Waals surface area contributed by atoms with Crippen LogP contribution in [-0.2, 0) is 0 Å². The van der Waals surface area contributed by atoms with Gasteiger partial charge in [0.05, 0.1) is 4.92 Å². The highest BCUT2D eigenvalue weighted by molar-refractivity contribution is 6.31. The number of nitrogens with zero attached hydrogens (tertiary/aromatic N) is 1. The zero-order valence-electron chi connectivity index (χ0n) is 10.7. The average Bonchev–Trinajstić information content (AvgIpc) is 2.39. The van der Waals surface area contributed by atoms with E-state index in [4.69, 9.17) is 22.1 Å². The number of nitro benzene ring substituents is 1. The van der Waals surface area contributed by atoms with Crippen LogP contribution in [0.15, 0.2) is 42.5 Å². The number of nitro groups is 1. The summed E-state index contributed by atoms with van der Waals surface area (Å²) in [6.45, 7) is 1.85. The highest BCUT2D eigenvalue weighted by Crippen LogP contribution is 2.29. The number of nitrogens with two attached hydrogens (primary N) is 1. The van der Waals surface area contributed by atoms with Crippen LogP contribution in [0.4, 0.5) is 5.69 Å². The summed E-state index contributed by atoms with van der Waals surface area (Å²) in [6.07, 6.45) is 0. The Kier molecular flexibility index (Phi) is 4.22. The Bertz CT molecular complexity index is 627. The first-order valence-electron chi connectivity index (χ1n) is 5.94. The molecule has 0 heterocycles. The lowest BCUT2D eigenvalue weighted by molar-refractivity contribution is -0.384. The fourth-order valence-corrected chi connectivity index (χ4v) is 2.06. The van der Waals surface area contributed by atoms with Gasteiger partial charge >= 0.3 is 0 Å². The van der Waals surface area contributed by atoms with Crippen LogP contribution in [0, 0.1) is 10.1 Å². The standard InChI is InChI=1S/C14H13ClN2O3/c1-9(16)13-7-6-12(8-14(13)15)20-11-4-2-10(3-5-11)17(18)19/h2-9H,16H2,1H3. The number of benzene rings is 2. The fourth-order valence-electron chi connectivity index (χ4n) is 1.71. The number of hydrogen-bond acceptors (Lipinski definition) is 4. The largest absolute Gasteiger partial charge is 0.457 e. The van der Waals surface area contributed by atoms with Crippen molar-refractivity contribution in [3.05, 3.63) is 63.2 Å². The van der Waals surface area contributed by atoms with Crippen molar-refractivity contribution in [3.8, 4) is 11.5 Å². The molecule has 20 heavy (non-hydrogen) atoms. The third-order valence-corrected chi connectivity index (χ3v) is 3.07. The highest BCUT2D eigenvalue weighted by Gasteiger charge is 2.08. The van der Waals surface area contributed by atoms with Crippen LogP contribution in [0.3, 0.4) is 0 Å². The first kappa shape index (κ1) is 14.3. The minimum Gasteiger partial charge on any atom is -0.457 e. The maximum atomic E-state index is 10.6. The normalized spacial score (nSPS) is 11.9. The first-order chi connectivity index (χ1) is 9.47. The van der Waals surface area contributed by atoms with Gasteiger partial charge in [0.25, 0.3) is 5.69 Å². The Hall–Kier alpha value is -2.11. The molecule has 0 fully saturated rings. The molecule has 2 aromatic carbocycles. The van der Waals surface area contributed by atoms with Crippen LogP contribution in [0.25, 0.3) is 0 Å². The molecule has 0 saturated carbocycles. The van der Waals surface area contributed by atoms with Gasteiger partial charge in [-0.1, -0.05) is 17.7 Å². The van der Waals surface area contributed by atoms with Crippen molar-refractivity contribution in [2.45, 2.75) is 13.0 Å². The second-order valence-electron chi connectivity index (χ2n) is 4.33. The molecular weight excluding hydrogens is 280 g/mol. The third-order valence-electron chi connectivity index (χ3n) is 2.75. The van der Waals surface area contributed by atoms with Gasteiger partial charge < -0.3 is 10.5 Å². The first-order valence-corrected chi connectivity index (χ1v) is 6.32. The molecule has 0 aliphatic rings. The van der Waals surface area contributed by atoms with E-state index in [1.165, 1.54) is 24.3 Å². The molecule has 2 N–H and O–H groups in total. The van der Waals surface area contributed by atoms with Gasteiger partial charge in [0, 0.05) is 23.2 Å². The van der Waals surface area contributed by atoms with Gasteiger partial charge in [-0.25, -0.2) is 0 Å².